The molecule has 0 spiro atoms. The molecular weight excluding hydrogens is 204 g/mol. The fraction of sp³-hybridized carbons (Fsp3) is 0.462. The van der Waals surface area contributed by atoms with Gasteiger partial charge in [-0.25, -0.2) is 4.79 Å². The number of carbonyl (C=O) groups excluding carboxylic acids is 1. The van der Waals surface area contributed by atoms with Crippen LogP contribution in [0.2, 0.25) is 0 Å². The van der Waals surface area contributed by atoms with Crippen molar-refractivity contribution in [3.63, 3.8) is 0 Å². The van der Waals surface area contributed by atoms with Gasteiger partial charge in [-0.2, -0.15) is 0 Å². The van der Waals surface area contributed by atoms with E-state index in [2.05, 4.69) is 0 Å². The highest BCUT2D eigenvalue weighted by molar-refractivity contribution is 5.70. The van der Waals surface area contributed by atoms with Crippen molar-refractivity contribution >= 4 is 5.97 Å². The molecule has 3 nitrogen and oxygen atoms in total. The Morgan fingerprint density at radius 2 is 1.94 bits per heavy atom. The van der Waals surface area contributed by atoms with Crippen molar-refractivity contribution in [2.45, 2.75) is 26.4 Å². The second kappa shape index (κ2) is 7.01. The van der Waals surface area contributed by atoms with Crippen molar-refractivity contribution in [2.75, 3.05) is 13.2 Å². The zero-order valence-corrected chi connectivity index (χ0v) is 9.81. The Labute approximate surface area is 96.4 Å². The summed E-state index contributed by atoms with van der Waals surface area (Å²) >= 11 is 0. The first kappa shape index (κ1) is 12.7. The van der Waals surface area contributed by atoms with Crippen molar-refractivity contribution < 1.29 is 14.3 Å². The van der Waals surface area contributed by atoms with Crippen LogP contribution < -0.4 is 0 Å². The van der Waals surface area contributed by atoms with E-state index in [1.165, 1.54) is 0 Å². The lowest BCUT2D eigenvalue weighted by atomic mass is 10.1. The van der Waals surface area contributed by atoms with Gasteiger partial charge in [-0.15, -0.1) is 0 Å². The van der Waals surface area contributed by atoms with Gasteiger partial charge in [0.25, 0.3) is 0 Å². The summed E-state index contributed by atoms with van der Waals surface area (Å²) in [5.74, 6) is -0.308. The predicted molar refractivity (Wildman–Crippen MR) is 62.1 cm³/mol. The van der Waals surface area contributed by atoms with Crippen LogP contribution in [0.3, 0.4) is 0 Å². The first-order chi connectivity index (χ1) is 7.77. The van der Waals surface area contributed by atoms with Gasteiger partial charge in [-0.1, -0.05) is 37.3 Å². The molecule has 0 aliphatic carbocycles. The lowest BCUT2D eigenvalue weighted by Gasteiger charge is -2.15. The summed E-state index contributed by atoms with van der Waals surface area (Å²) in [6, 6.07) is 9.89. The summed E-state index contributed by atoms with van der Waals surface area (Å²) in [6.45, 7) is 4.22. The predicted octanol–water partition coefficient (Wildman–Crippen LogP) is 2.72. The smallest absolute Gasteiger partial charge is 0.332 e. The molecule has 1 unspecified atom stereocenters. The summed E-state index contributed by atoms with van der Waals surface area (Å²) < 4.78 is 10.3. The fourth-order valence-corrected chi connectivity index (χ4v) is 1.49. The molecule has 88 valence electrons. The van der Waals surface area contributed by atoms with Gasteiger partial charge in [0.15, 0.2) is 0 Å². The number of hydrogen-bond acceptors (Lipinski definition) is 3. The molecule has 1 aromatic carbocycles. The number of esters is 1. The van der Waals surface area contributed by atoms with Gasteiger partial charge in [0, 0.05) is 0 Å². The Bertz CT molecular complexity index is 308. The molecule has 0 bridgehead atoms. The van der Waals surface area contributed by atoms with Gasteiger partial charge in [-0.05, 0) is 18.9 Å². The van der Waals surface area contributed by atoms with E-state index in [4.69, 9.17) is 9.47 Å². The summed E-state index contributed by atoms with van der Waals surface area (Å²) in [5, 5.41) is 0. The lowest BCUT2D eigenvalue weighted by molar-refractivity contribution is -0.150. The number of carbonyl (C=O) groups is 1. The minimum atomic E-state index is -0.308. The summed E-state index contributed by atoms with van der Waals surface area (Å²) in [5.41, 5.74) is 1.09. The second-order valence-corrected chi connectivity index (χ2v) is 3.42. The van der Waals surface area contributed by atoms with E-state index >= 15 is 0 Å². The molecule has 1 atom stereocenters. The quantitative estimate of drug-likeness (QED) is 0.694. The number of ether oxygens (including phenoxy) is 2. The van der Waals surface area contributed by atoms with Gasteiger partial charge < -0.3 is 9.47 Å². The van der Waals surface area contributed by atoms with E-state index in [0.717, 1.165) is 12.0 Å². The zero-order chi connectivity index (χ0) is 11.8. The van der Waals surface area contributed by atoms with Crippen molar-refractivity contribution in [1.82, 2.24) is 0 Å². The average molecular weight is 222 g/mol. The number of rotatable bonds is 6. The zero-order valence-electron chi connectivity index (χ0n) is 9.81. The molecule has 3 heteroatoms. The van der Waals surface area contributed by atoms with Crippen LogP contribution in [0.4, 0.5) is 0 Å². The van der Waals surface area contributed by atoms with Crippen LogP contribution in [0.15, 0.2) is 30.3 Å². The van der Waals surface area contributed by atoms with E-state index < -0.39 is 0 Å². The molecule has 0 N–H and O–H groups in total. The van der Waals surface area contributed by atoms with E-state index in [1.807, 2.05) is 37.3 Å². The Kier molecular flexibility index (Phi) is 5.57. The minimum Gasteiger partial charge on any atom is -0.464 e. The maximum absolute atomic E-state index is 11.1. The van der Waals surface area contributed by atoms with Gasteiger partial charge >= 0.3 is 5.97 Å². The second-order valence-electron chi connectivity index (χ2n) is 3.42. The van der Waals surface area contributed by atoms with Crippen molar-refractivity contribution in [1.29, 1.82) is 0 Å². The molecule has 0 fully saturated rings. The molecule has 0 radical (unpaired) electrons. The van der Waals surface area contributed by atoms with Gasteiger partial charge in [-0.3, -0.25) is 0 Å². The standard InChI is InChI=1S/C13H18O3/c1-3-12(11-8-6-5-7-9-11)16-10-13(14)15-4-2/h5-9,12H,3-4,10H2,1-2H3. The molecule has 0 aliphatic rings. The summed E-state index contributed by atoms with van der Waals surface area (Å²) in [7, 11) is 0. The van der Waals surface area contributed by atoms with Crippen molar-refractivity contribution in [3.05, 3.63) is 35.9 Å². The van der Waals surface area contributed by atoms with Crippen LogP contribution in [0, 0.1) is 0 Å². The lowest BCUT2D eigenvalue weighted by Crippen LogP contribution is -2.15. The highest BCUT2D eigenvalue weighted by Gasteiger charge is 2.11. The molecule has 0 heterocycles. The molecule has 16 heavy (non-hydrogen) atoms. The third kappa shape index (κ3) is 4.03. The third-order valence-electron chi connectivity index (χ3n) is 2.25. The molecule has 0 saturated heterocycles. The van der Waals surface area contributed by atoms with E-state index in [1.54, 1.807) is 6.92 Å². The van der Waals surface area contributed by atoms with E-state index in [-0.39, 0.29) is 18.7 Å². The number of benzene rings is 1. The van der Waals surface area contributed by atoms with E-state index in [0.29, 0.717) is 6.61 Å². The Morgan fingerprint density at radius 3 is 2.50 bits per heavy atom. The molecule has 0 aliphatic heterocycles. The Morgan fingerprint density at radius 1 is 1.25 bits per heavy atom. The maximum atomic E-state index is 11.1. The van der Waals surface area contributed by atoms with Crippen LogP contribution in [0.5, 0.6) is 0 Å². The van der Waals surface area contributed by atoms with Crippen LogP contribution >= 0.6 is 0 Å². The van der Waals surface area contributed by atoms with Gasteiger partial charge in [0.2, 0.25) is 0 Å². The largest absolute Gasteiger partial charge is 0.464 e. The summed E-state index contributed by atoms with van der Waals surface area (Å²) in [6.07, 6.45) is 0.800. The van der Waals surface area contributed by atoms with Crippen molar-refractivity contribution in [2.24, 2.45) is 0 Å². The van der Waals surface area contributed by atoms with Crippen LogP contribution in [-0.2, 0) is 14.3 Å². The monoisotopic (exact) mass is 222 g/mol. The minimum absolute atomic E-state index is 0.0151. The first-order valence-corrected chi connectivity index (χ1v) is 5.60. The molecule has 0 aromatic heterocycles. The fourth-order valence-electron chi connectivity index (χ4n) is 1.49. The molecule has 0 saturated carbocycles. The topological polar surface area (TPSA) is 35.5 Å². The molecular formula is C13H18O3. The van der Waals surface area contributed by atoms with E-state index in [9.17, 15) is 4.79 Å². The van der Waals surface area contributed by atoms with Crippen LogP contribution in [-0.4, -0.2) is 19.2 Å². The third-order valence-corrected chi connectivity index (χ3v) is 2.25. The molecule has 0 amide bonds. The summed E-state index contributed by atoms with van der Waals surface area (Å²) in [4.78, 5) is 11.1. The Hall–Kier alpha value is -1.35. The molecule has 1 rings (SSSR count). The SMILES string of the molecule is CCOC(=O)COC(CC)c1ccccc1. The average Bonchev–Trinajstić information content (AvgIpc) is 2.31. The van der Waals surface area contributed by atoms with Gasteiger partial charge in [0.05, 0.1) is 12.7 Å². The Balaban J connectivity index is 2.47. The first-order valence-electron chi connectivity index (χ1n) is 5.60. The van der Waals surface area contributed by atoms with Crippen LogP contribution in [0.25, 0.3) is 0 Å². The highest BCUT2D eigenvalue weighted by atomic mass is 16.6. The normalized spacial score (nSPS) is 12.1. The van der Waals surface area contributed by atoms with Crippen molar-refractivity contribution in [3.8, 4) is 0 Å². The highest BCUT2D eigenvalue weighted by Crippen LogP contribution is 2.20. The maximum Gasteiger partial charge on any atom is 0.332 e. The number of hydrogen-bond donors (Lipinski definition) is 0. The van der Waals surface area contributed by atoms with Crippen LogP contribution in [0.1, 0.15) is 31.9 Å². The molecule has 1 aromatic rings. The van der Waals surface area contributed by atoms with Gasteiger partial charge in [0.1, 0.15) is 6.61 Å².